The third-order valence-electron chi connectivity index (χ3n) is 3.23. The predicted molar refractivity (Wildman–Crippen MR) is 60.7 cm³/mol. The van der Waals surface area contributed by atoms with E-state index in [1.165, 1.54) is 0 Å². The molecular weight excluding hydrogens is 258 g/mol. The van der Waals surface area contributed by atoms with Gasteiger partial charge in [0, 0.05) is 19.6 Å². The van der Waals surface area contributed by atoms with Crippen molar-refractivity contribution in [2.24, 2.45) is 0 Å². The molecule has 104 valence electrons. The summed E-state index contributed by atoms with van der Waals surface area (Å²) in [5.74, 6) is -0.468. The summed E-state index contributed by atoms with van der Waals surface area (Å²) in [5.41, 5.74) is 1.12. The molecule has 2 aliphatic heterocycles. The lowest BCUT2D eigenvalue weighted by molar-refractivity contribution is -0.263. The third-order valence-corrected chi connectivity index (χ3v) is 3.23. The van der Waals surface area contributed by atoms with Gasteiger partial charge in [-0.1, -0.05) is 0 Å². The van der Waals surface area contributed by atoms with Gasteiger partial charge in [0.15, 0.2) is 5.69 Å². The number of fused-ring (bicyclic) bond motifs is 1. The molecule has 0 bridgehead atoms. The number of hydrogen-bond acceptors (Lipinski definition) is 4. The van der Waals surface area contributed by atoms with E-state index in [4.69, 9.17) is 0 Å². The van der Waals surface area contributed by atoms with Crippen molar-refractivity contribution in [1.29, 1.82) is 0 Å². The maximum atomic E-state index is 13.1. The molecule has 1 aromatic heterocycles. The van der Waals surface area contributed by atoms with E-state index in [-0.39, 0.29) is 18.8 Å². The Morgan fingerprint density at radius 3 is 3.05 bits per heavy atom. The zero-order valence-corrected chi connectivity index (χ0v) is 10.2. The molecule has 0 radical (unpaired) electrons. The SMILES string of the molecule is O=C(c1cc2n(n1)CCNC2)N1CCOC(F)(F)C1. The van der Waals surface area contributed by atoms with Crippen molar-refractivity contribution < 1.29 is 18.3 Å². The molecule has 1 saturated heterocycles. The fourth-order valence-electron chi connectivity index (χ4n) is 2.28. The summed E-state index contributed by atoms with van der Waals surface area (Å²) in [5, 5.41) is 7.33. The summed E-state index contributed by atoms with van der Waals surface area (Å²) >= 11 is 0. The molecule has 0 saturated carbocycles. The minimum atomic E-state index is -3.27. The quantitative estimate of drug-likeness (QED) is 0.785. The first-order valence-corrected chi connectivity index (χ1v) is 6.14. The Kier molecular flexibility index (Phi) is 2.98. The van der Waals surface area contributed by atoms with Crippen LogP contribution in [0.25, 0.3) is 0 Å². The van der Waals surface area contributed by atoms with Crippen molar-refractivity contribution >= 4 is 5.91 Å². The molecule has 0 spiro atoms. The van der Waals surface area contributed by atoms with E-state index >= 15 is 0 Å². The van der Waals surface area contributed by atoms with Crippen molar-refractivity contribution in [3.05, 3.63) is 17.5 Å². The van der Waals surface area contributed by atoms with Gasteiger partial charge in [0.2, 0.25) is 0 Å². The number of nitrogens with one attached hydrogen (secondary N) is 1. The maximum Gasteiger partial charge on any atom is 0.373 e. The van der Waals surface area contributed by atoms with Crippen molar-refractivity contribution in [1.82, 2.24) is 20.0 Å². The van der Waals surface area contributed by atoms with Crippen LogP contribution in [0.3, 0.4) is 0 Å². The number of carbonyl (C=O) groups excluding carboxylic acids is 1. The van der Waals surface area contributed by atoms with Crippen molar-refractivity contribution in [3.63, 3.8) is 0 Å². The Morgan fingerprint density at radius 2 is 2.32 bits per heavy atom. The lowest BCUT2D eigenvalue weighted by Gasteiger charge is -2.31. The third kappa shape index (κ3) is 2.45. The number of alkyl halides is 2. The molecule has 1 N–H and O–H groups in total. The number of hydrogen-bond donors (Lipinski definition) is 1. The number of halogens is 2. The van der Waals surface area contributed by atoms with Gasteiger partial charge in [-0.2, -0.15) is 13.9 Å². The summed E-state index contributed by atoms with van der Waals surface area (Å²) in [4.78, 5) is 13.2. The minimum Gasteiger partial charge on any atom is -0.326 e. The molecule has 1 amide bonds. The Balaban J connectivity index is 1.78. The van der Waals surface area contributed by atoms with Gasteiger partial charge in [-0.3, -0.25) is 9.48 Å². The molecule has 2 aliphatic rings. The zero-order valence-electron chi connectivity index (χ0n) is 10.2. The van der Waals surface area contributed by atoms with Crippen molar-refractivity contribution in [3.8, 4) is 0 Å². The first kappa shape index (κ1) is 12.5. The van der Waals surface area contributed by atoms with Gasteiger partial charge in [0.1, 0.15) is 6.54 Å². The Hall–Kier alpha value is -1.54. The van der Waals surface area contributed by atoms with Gasteiger partial charge in [0.25, 0.3) is 5.91 Å². The van der Waals surface area contributed by atoms with E-state index in [0.717, 1.165) is 17.1 Å². The lowest BCUT2D eigenvalue weighted by Crippen LogP contribution is -2.49. The molecule has 3 heterocycles. The first-order valence-electron chi connectivity index (χ1n) is 6.14. The van der Waals surface area contributed by atoms with Gasteiger partial charge in [0.05, 0.1) is 18.8 Å². The molecule has 8 heteroatoms. The highest BCUT2D eigenvalue weighted by Gasteiger charge is 2.39. The van der Waals surface area contributed by atoms with Crippen LogP contribution in [-0.2, 0) is 17.8 Å². The first-order chi connectivity index (χ1) is 9.05. The number of aromatic nitrogens is 2. The fourth-order valence-corrected chi connectivity index (χ4v) is 2.28. The standard InChI is InChI=1S/C11H14F2N4O2/c12-11(13)7-16(3-4-19-11)10(18)9-5-8-6-14-1-2-17(8)15-9/h5,14H,1-4,6-7H2. The van der Waals surface area contributed by atoms with E-state index < -0.39 is 18.6 Å². The second-order valence-electron chi connectivity index (χ2n) is 4.63. The molecule has 0 aromatic carbocycles. The molecule has 0 atom stereocenters. The Labute approximate surface area is 108 Å². The average molecular weight is 272 g/mol. The molecule has 1 aromatic rings. The minimum absolute atomic E-state index is 0.159. The summed E-state index contributed by atoms with van der Waals surface area (Å²) in [6, 6.07) is 1.65. The summed E-state index contributed by atoms with van der Waals surface area (Å²) in [6.07, 6.45) is -3.27. The lowest BCUT2D eigenvalue weighted by atomic mass is 10.2. The van der Waals surface area contributed by atoms with Gasteiger partial charge in [-0.15, -0.1) is 0 Å². The summed E-state index contributed by atoms with van der Waals surface area (Å²) in [6.45, 7) is 1.40. The van der Waals surface area contributed by atoms with Gasteiger partial charge >= 0.3 is 6.11 Å². The fraction of sp³-hybridized carbons (Fsp3) is 0.636. The smallest absolute Gasteiger partial charge is 0.326 e. The normalized spacial score (nSPS) is 22.1. The monoisotopic (exact) mass is 272 g/mol. The van der Waals surface area contributed by atoms with Crippen molar-refractivity contribution in [2.45, 2.75) is 19.2 Å². The van der Waals surface area contributed by atoms with Crippen LogP contribution in [0.1, 0.15) is 16.2 Å². The summed E-state index contributed by atoms with van der Waals surface area (Å²) in [7, 11) is 0. The zero-order chi connectivity index (χ0) is 13.5. The number of nitrogens with zero attached hydrogens (tertiary/aromatic N) is 3. The van der Waals surface area contributed by atoms with E-state index in [1.54, 1.807) is 10.7 Å². The second kappa shape index (κ2) is 4.53. The molecule has 1 fully saturated rings. The Morgan fingerprint density at radius 1 is 1.47 bits per heavy atom. The molecule has 19 heavy (non-hydrogen) atoms. The number of amides is 1. The largest absolute Gasteiger partial charge is 0.373 e. The van der Waals surface area contributed by atoms with Crippen LogP contribution < -0.4 is 5.32 Å². The summed E-state index contributed by atoms with van der Waals surface area (Å²) < 4.78 is 32.2. The van der Waals surface area contributed by atoms with Crippen LogP contribution in [0.15, 0.2) is 6.07 Å². The number of rotatable bonds is 1. The maximum absolute atomic E-state index is 13.1. The number of carbonyl (C=O) groups is 1. The molecule has 3 rings (SSSR count). The van der Waals surface area contributed by atoms with Gasteiger partial charge in [-0.05, 0) is 6.07 Å². The van der Waals surface area contributed by atoms with Crippen LogP contribution in [0.4, 0.5) is 8.78 Å². The number of ether oxygens (including phenoxy) is 1. The Bertz CT molecular complexity index is 479. The molecule has 0 unspecified atom stereocenters. The second-order valence-corrected chi connectivity index (χ2v) is 4.63. The van der Waals surface area contributed by atoms with Gasteiger partial charge in [-0.25, -0.2) is 0 Å². The molecular formula is C11H14F2N4O2. The number of morpholine rings is 1. The highest BCUT2D eigenvalue weighted by atomic mass is 19.3. The van der Waals surface area contributed by atoms with E-state index in [2.05, 4.69) is 15.2 Å². The molecule has 0 aliphatic carbocycles. The molecule has 6 nitrogen and oxygen atoms in total. The van der Waals surface area contributed by atoms with Crippen LogP contribution in [0.2, 0.25) is 0 Å². The topological polar surface area (TPSA) is 59.4 Å². The highest BCUT2D eigenvalue weighted by molar-refractivity contribution is 5.92. The highest BCUT2D eigenvalue weighted by Crippen LogP contribution is 2.22. The van der Waals surface area contributed by atoms with E-state index in [9.17, 15) is 13.6 Å². The van der Waals surface area contributed by atoms with Crippen LogP contribution in [0.5, 0.6) is 0 Å². The van der Waals surface area contributed by atoms with Crippen molar-refractivity contribution in [2.75, 3.05) is 26.2 Å². The average Bonchev–Trinajstić information content (AvgIpc) is 2.80. The van der Waals surface area contributed by atoms with Crippen LogP contribution in [-0.4, -0.2) is 52.9 Å². The van der Waals surface area contributed by atoms with Crippen LogP contribution in [0, 0.1) is 0 Å². The van der Waals surface area contributed by atoms with E-state index in [0.29, 0.717) is 13.1 Å². The van der Waals surface area contributed by atoms with Crippen LogP contribution >= 0.6 is 0 Å². The van der Waals surface area contributed by atoms with Gasteiger partial charge < -0.3 is 15.0 Å². The van der Waals surface area contributed by atoms with E-state index in [1.807, 2.05) is 0 Å². The predicted octanol–water partition coefficient (Wildman–Crippen LogP) is 0.0515.